The lowest BCUT2D eigenvalue weighted by Crippen LogP contribution is -2.30. The minimum Gasteiger partial charge on any atom is -0.456 e. The van der Waals surface area contributed by atoms with Crippen LogP contribution in [0.4, 0.5) is 4.39 Å². The van der Waals surface area contributed by atoms with Crippen molar-refractivity contribution in [1.82, 2.24) is 5.32 Å². The molecule has 1 amide bonds. The number of nitrogens with one attached hydrogen (secondary N) is 1. The molecule has 0 atom stereocenters. The Morgan fingerprint density at radius 3 is 2.48 bits per heavy atom. The summed E-state index contributed by atoms with van der Waals surface area (Å²) < 4.78 is 17.7. The minimum absolute atomic E-state index is 0.155. The molecule has 2 aromatic carbocycles. The third-order valence-electron chi connectivity index (χ3n) is 3.87. The maximum Gasteiger partial charge on any atom is 0.306 e. The van der Waals surface area contributed by atoms with Crippen LogP contribution in [-0.4, -0.2) is 25.0 Å². The molecular formula is C20H22FNO3. The summed E-state index contributed by atoms with van der Waals surface area (Å²) in [5.74, 6) is -1.07. The van der Waals surface area contributed by atoms with E-state index >= 15 is 0 Å². The van der Waals surface area contributed by atoms with Gasteiger partial charge in [-0.25, -0.2) is 4.39 Å². The van der Waals surface area contributed by atoms with Gasteiger partial charge in [-0.05, 0) is 48.6 Å². The molecule has 0 aliphatic carbocycles. The number of aryl methyl sites for hydroxylation is 2. The summed E-state index contributed by atoms with van der Waals surface area (Å²) in [5.41, 5.74) is 3.21. The van der Waals surface area contributed by atoms with Crippen molar-refractivity contribution >= 4 is 11.9 Å². The van der Waals surface area contributed by atoms with Crippen molar-refractivity contribution in [1.29, 1.82) is 0 Å². The van der Waals surface area contributed by atoms with Crippen LogP contribution in [0.1, 0.15) is 23.1 Å². The zero-order valence-corrected chi connectivity index (χ0v) is 14.3. The molecule has 0 radical (unpaired) electrons. The first-order valence-electron chi connectivity index (χ1n) is 8.26. The quantitative estimate of drug-likeness (QED) is 0.750. The Kier molecular flexibility index (Phi) is 7.14. The van der Waals surface area contributed by atoms with E-state index in [1.54, 1.807) is 12.1 Å². The maximum absolute atomic E-state index is 12.8. The fraction of sp³-hybridized carbons (Fsp3) is 0.300. The van der Waals surface area contributed by atoms with E-state index in [0.29, 0.717) is 13.0 Å². The standard InChI is InChI=1S/C20H22FNO3/c1-15-4-2-3-5-17(15)12-13-22-19(23)14-25-20(24)11-8-16-6-9-18(21)10-7-16/h2-7,9-10H,8,11-14H2,1H3,(H,22,23). The van der Waals surface area contributed by atoms with Gasteiger partial charge in [-0.15, -0.1) is 0 Å². The average molecular weight is 343 g/mol. The van der Waals surface area contributed by atoms with Crippen LogP contribution in [0, 0.1) is 12.7 Å². The van der Waals surface area contributed by atoms with E-state index < -0.39 is 5.97 Å². The molecule has 25 heavy (non-hydrogen) atoms. The second-order valence-corrected chi connectivity index (χ2v) is 5.81. The predicted molar refractivity (Wildman–Crippen MR) is 93.6 cm³/mol. The van der Waals surface area contributed by atoms with Gasteiger partial charge in [0.05, 0.1) is 0 Å². The maximum atomic E-state index is 12.8. The van der Waals surface area contributed by atoms with Gasteiger partial charge in [0.15, 0.2) is 6.61 Å². The molecule has 0 heterocycles. The third-order valence-corrected chi connectivity index (χ3v) is 3.87. The van der Waals surface area contributed by atoms with Crippen molar-refractivity contribution in [3.63, 3.8) is 0 Å². The highest BCUT2D eigenvalue weighted by atomic mass is 19.1. The number of halogens is 1. The Bertz CT molecular complexity index is 713. The molecule has 0 saturated heterocycles. The first-order chi connectivity index (χ1) is 12.0. The largest absolute Gasteiger partial charge is 0.456 e. The van der Waals surface area contributed by atoms with Gasteiger partial charge in [-0.1, -0.05) is 36.4 Å². The van der Waals surface area contributed by atoms with E-state index in [1.165, 1.54) is 23.3 Å². The van der Waals surface area contributed by atoms with Gasteiger partial charge in [-0.3, -0.25) is 9.59 Å². The topological polar surface area (TPSA) is 55.4 Å². The molecule has 0 bridgehead atoms. The predicted octanol–water partition coefficient (Wildman–Crippen LogP) is 2.97. The van der Waals surface area contributed by atoms with Gasteiger partial charge in [0, 0.05) is 13.0 Å². The van der Waals surface area contributed by atoms with Crippen molar-refractivity contribution in [2.45, 2.75) is 26.2 Å². The summed E-state index contributed by atoms with van der Waals surface area (Å²) >= 11 is 0. The van der Waals surface area contributed by atoms with Crippen LogP contribution < -0.4 is 5.32 Å². The van der Waals surface area contributed by atoms with Crippen molar-refractivity contribution in [3.8, 4) is 0 Å². The van der Waals surface area contributed by atoms with E-state index in [4.69, 9.17) is 4.74 Å². The van der Waals surface area contributed by atoms with Gasteiger partial charge >= 0.3 is 5.97 Å². The molecule has 0 unspecified atom stereocenters. The van der Waals surface area contributed by atoms with Gasteiger partial charge in [-0.2, -0.15) is 0 Å². The van der Waals surface area contributed by atoms with Crippen molar-refractivity contribution < 1.29 is 18.7 Å². The van der Waals surface area contributed by atoms with E-state index in [9.17, 15) is 14.0 Å². The zero-order valence-electron chi connectivity index (χ0n) is 14.3. The Balaban J connectivity index is 1.61. The summed E-state index contributed by atoms with van der Waals surface area (Å²) in [6.07, 6.45) is 1.34. The lowest BCUT2D eigenvalue weighted by atomic mass is 10.1. The molecular weight excluding hydrogens is 321 g/mol. The highest BCUT2D eigenvalue weighted by molar-refractivity contribution is 5.80. The molecule has 2 aromatic rings. The molecule has 4 nitrogen and oxygen atoms in total. The lowest BCUT2D eigenvalue weighted by molar-refractivity contribution is -0.148. The Hall–Kier alpha value is -2.69. The number of benzene rings is 2. The van der Waals surface area contributed by atoms with E-state index in [-0.39, 0.29) is 24.8 Å². The second kappa shape index (κ2) is 9.57. The molecule has 0 spiro atoms. The zero-order chi connectivity index (χ0) is 18.1. The lowest BCUT2D eigenvalue weighted by Gasteiger charge is -2.08. The van der Waals surface area contributed by atoms with Crippen LogP contribution in [0.5, 0.6) is 0 Å². The third kappa shape index (κ3) is 6.75. The molecule has 0 saturated carbocycles. The monoisotopic (exact) mass is 343 g/mol. The van der Waals surface area contributed by atoms with Crippen LogP contribution in [0.25, 0.3) is 0 Å². The fourth-order valence-electron chi connectivity index (χ4n) is 2.39. The first-order valence-corrected chi connectivity index (χ1v) is 8.26. The van der Waals surface area contributed by atoms with Gasteiger partial charge in [0.25, 0.3) is 5.91 Å². The van der Waals surface area contributed by atoms with E-state index in [2.05, 4.69) is 5.32 Å². The van der Waals surface area contributed by atoms with Gasteiger partial charge in [0.1, 0.15) is 5.82 Å². The number of amides is 1. The number of hydrogen-bond donors (Lipinski definition) is 1. The van der Waals surface area contributed by atoms with E-state index in [1.807, 2.05) is 31.2 Å². The summed E-state index contributed by atoms with van der Waals surface area (Å²) in [6, 6.07) is 13.9. The molecule has 0 aliphatic rings. The summed E-state index contributed by atoms with van der Waals surface area (Å²) in [5, 5.41) is 2.74. The van der Waals surface area contributed by atoms with Crippen LogP contribution >= 0.6 is 0 Å². The highest BCUT2D eigenvalue weighted by Gasteiger charge is 2.08. The Labute approximate surface area is 147 Å². The van der Waals surface area contributed by atoms with Gasteiger partial charge < -0.3 is 10.1 Å². The van der Waals surface area contributed by atoms with Crippen LogP contribution in [0.15, 0.2) is 48.5 Å². The Morgan fingerprint density at radius 1 is 1.04 bits per heavy atom. The fourth-order valence-corrected chi connectivity index (χ4v) is 2.39. The highest BCUT2D eigenvalue weighted by Crippen LogP contribution is 2.07. The summed E-state index contributed by atoms with van der Waals surface area (Å²) in [7, 11) is 0. The van der Waals surface area contributed by atoms with Crippen LogP contribution in [-0.2, 0) is 27.2 Å². The van der Waals surface area contributed by atoms with Gasteiger partial charge in [0.2, 0.25) is 0 Å². The number of carbonyl (C=O) groups excluding carboxylic acids is 2. The number of hydrogen-bond acceptors (Lipinski definition) is 3. The average Bonchev–Trinajstić information content (AvgIpc) is 2.61. The molecule has 1 N–H and O–H groups in total. The van der Waals surface area contributed by atoms with Crippen molar-refractivity contribution in [2.75, 3.05) is 13.2 Å². The normalized spacial score (nSPS) is 10.3. The Morgan fingerprint density at radius 2 is 1.76 bits per heavy atom. The van der Waals surface area contributed by atoms with Crippen molar-refractivity contribution in [2.24, 2.45) is 0 Å². The van der Waals surface area contributed by atoms with E-state index in [0.717, 1.165) is 12.0 Å². The van der Waals surface area contributed by atoms with Crippen LogP contribution in [0.2, 0.25) is 0 Å². The van der Waals surface area contributed by atoms with Crippen molar-refractivity contribution in [3.05, 3.63) is 71.0 Å². The number of rotatable bonds is 8. The summed E-state index contributed by atoms with van der Waals surface area (Å²) in [6.45, 7) is 2.24. The SMILES string of the molecule is Cc1ccccc1CCNC(=O)COC(=O)CCc1ccc(F)cc1. The molecule has 0 aliphatic heterocycles. The minimum atomic E-state index is -0.446. The van der Waals surface area contributed by atoms with Crippen LogP contribution in [0.3, 0.4) is 0 Å². The molecule has 0 fully saturated rings. The molecule has 0 aromatic heterocycles. The molecule has 2 rings (SSSR count). The first kappa shape index (κ1) is 18.6. The number of carbonyl (C=O) groups is 2. The number of esters is 1. The molecule has 132 valence electrons. The second-order valence-electron chi connectivity index (χ2n) is 5.81. The summed E-state index contributed by atoms with van der Waals surface area (Å²) in [4.78, 5) is 23.4. The molecule has 5 heteroatoms. The smallest absolute Gasteiger partial charge is 0.306 e. The number of ether oxygens (including phenoxy) is 1.